The second-order valence-electron chi connectivity index (χ2n) is 5.10. The summed E-state index contributed by atoms with van der Waals surface area (Å²) in [7, 11) is 0. The molecule has 1 saturated carbocycles. The molecule has 0 atom stereocenters. The average molecular weight is 263 g/mol. The summed E-state index contributed by atoms with van der Waals surface area (Å²) in [4.78, 5) is 21.2. The van der Waals surface area contributed by atoms with Gasteiger partial charge in [-0.25, -0.2) is 0 Å². The zero-order valence-corrected chi connectivity index (χ0v) is 10.9. The van der Waals surface area contributed by atoms with Gasteiger partial charge < -0.3 is 4.74 Å². The standard InChI is InChI=1S/C14H17NO4/c1-10-2-5-12(6-3-10)19-14-8-11(9-16)4-7-13(14)15(17)18/h4,7-10,12H,2-3,5-6H2,1H3. The van der Waals surface area contributed by atoms with Gasteiger partial charge in [-0.2, -0.15) is 0 Å². The van der Waals surface area contributed by atoms with E-state index in [2.05, 4.69) is 6.92 Å². The zero-order valence-electron chi connectivity index (χ0n) is 10.9. The van der Waals surface area contributed by atoms with Crippen molar-refractivity contribution < 1.29 is 14.5 Å². The van der Waals surface area contributed by atoms with Gasteiger partial charge in [-0.05, 0) is 43.7 Å². The Kier molecular flexibility index (Phi) is 4.14. The van der Waals surface area contributed by atoms with E-state index in [1.165, 1.54) is 18.2 Å². The van der Waals surface area contributed by atoms with Crippen LogP contribution in [-0.2, 0) is 0 Å². The number of rotatable bonds is 4. The van der Waals surface area contributed by atoms with E-state index in [9.17, 15) is 14.9 Å². The number of carbonyl (C=O) groups excluding carboxylic acids is 1. The first kappa shape index (κ1) is 13.5. The molecule has 0 unspecified atom stereocenters. The molecule has 19 heavy (non-hydrogen) atoms. The lowest BCUT2D eigenvalue weighted by atomic mass is 9.89. The Labute approximate surface area is 111 Å². The summed E-state index contributed by atoms with van der Waals surface area (Å²) >= 11 is 0. The summed E-state index contributed by atoms with van der Waals surface area (Å²) in [6.07, 6.45) is 4.64. The number of hydrogen-bond donors (Lipinski definition) is 0. The number of nitro benzene ring substituents is 1. The van der Waals surface area contributed by atoms with Crippen molar-refractivity contribution in [3.8, 4) is 5.75 Å². The lowest BCUT2D eigenvalue weighted by Gasteiger charge is -2.26. The molecule has 0 saturated heterocycles. The van der Waals surface area contributed by atoms with Crippen LogP contribution < -0.4 is 4.74 Å². The molecule has 2 rings (SSSR count). The molecule has 0 aromatic heterocycles. The third kappa shape index (κ3) is 3.30. The van der Waals surface area contributed by atoms with Crippen molar-refractivity contribution in [3.05, 3.63) is 33.9 Å². The minimum absolute atomic E-state index is 0.0109. The van der Waals surface area contributed by atoms with Crippen LogP contribution in [0.2, 0.25) is 0 Å². The molecule has 5 heteroatoms. The highest BCUT2D eigenvalue weighted by atomic mass is 16.6. The zero-order chi connectivity index (χ0) is 13.8. The summed E-state index contributed by atoms with van der Waals surface area (Å²) in [5.74, 6) is 0.894. The monoisotopic (exact) mass is 263 g/mol. The van der Waals surface area contributed by atoms with Gasteiger partial charge in [0.1, 0.15) is 6.29 Å². The molecule has 1 aliphatic carbocycles. The highest BCUT2D eigenvalue weighted by molar-refractivity contribution is 5.76. The highest BCUT2D eigenvalue weighted by Gasteiger charge is 2.23. The maximum atomic E-state index is 11.0. The van der Waals surface area contributed by atoms with E-state index in [1.807, 2.05) is 0 Å². The van der Waals surface area contributed by atoms with Gasteiger partial charge in [0.25, 0.3) is 0 Å². The van der Waals surface area contributed by atoms with Gasteiger partial charge in [0.2, 0.25) is 0 Å². The summed E-state index contributed by atoms with van der Waals surface area (Å²) < 4.78 is 5.74. The lowest BCUT2D eigenvalue weighted by Crippen LogP contribution is -2.23. The van der Waals surface area contributed by atoms with E-state index >= 15 is 0 Å². The predicted octanol–water partition coefficient (Wildman–Crippen LogP) is 3.36. The first-order valence-electron chi connectivity index (χ1n) is 6.50. The molecule has 0 amide bonds. The van der Waals surface area contributed by atoms with Gasteiger partial charge in [-0.3, -0.25) is 14.9 Å². The number of aldehydes is 1. The second kappa shape index (κ2) is 5.82. The molecule has 0 bridgehead atoms. The maximum Gasteiger partial charge on any atom is 0.310 e. The number of benzene rings is 1. The van der Waals surface area contributed by atoms with E-state index in [0.29, 0.717) is 17.8 Å². The maximum absolute atomic E-state index is 11.0. The Morgan fingerprint density at radius 2 is 2.00 bits per heavy atom. The summed E-state index contributed by atoms with van der Waals surface area (Å²) in [5.41, 5.74) is 0.314. The summed E-state index contributed by atoms with van der Waals surface area (Å²) in [6, 6.07) is 4.20. The van der Waals surface area contributed by atoms with Crippen LogP contribution in [0.25, 0.3) is 0 Å². The van der Waals surface area contributed by atoms with Crippen LogP contribution in [0.1, 0.15) is 43.0 Å². The Hall–Kier alpha value is -1.91. The summed E-state index contributed by atoms with van der Waals surface area (Å²) in [5, 5.41) is 11.0. The number of ether oxygens (including phenoxy) is 1. The first-order chi connectivity index (χ1) is 9.10. The third-order valence-electron chi connectivity index (χ3n) is 3.57. The molecular formula is C14H17NO4. The minimum atomic E-state index is -0.477. The number of nitro groups is 1. The molecule has 102 valence electrons. The van der Waals surface area contributed by atoms with Gasteiger partial charge in [-0.15, -0.1) is 0 Å². The van der Waals surface area contributed by atoms with E-state index < -0.39 is 4.92 Å². The molecule has 0 N–H and O–H groups in total. The van der Waals surface area contributed by atoms with Gasteiger partial charge in [0.05, 0.1) is 11.0 Å². The largest absolute Gasteiger partial charge is 0.483 e. The quantitative estimate of drug-likeness (QED) is 0.474. The van der Waals surface area contributed by atoms with Crippen molar-refractivity contribution in [1.29, 1.82) is 0 Å². The normalized spacial score (nSPS) is 22.8. The van der Waals surface area contributed by atoms with E-state index in [4.69, 9.17) is 4.74 Å². The fourth-order valence-corrected chi connectivity index (χ4v) is 2.38. The van der Waals surface area contributed by atoms with E-state index in [0.717, 1.165) is 25.7 Å². The molecular weight excluding hydrogens is 246 g/mol. The summed E-state index contributed by atoms with van der Waals surface area (Å²) in [6.45, 7) is 2.20. The SMILES string of the molecule is CC1CCC(Oc2cc(C=O)ccc2[N+](=O)[O-])CC1. The molecule has 0 radical (unpaired) electrons. The van der Waals surface area contributed by atoms with Crippen LogP contribution in [0.5, 0.6) is 5.75 Å². The van der Waals surface area contributed by atoms with Crippen molar-refractivity contribution in [2.45, 2.75) is 38.7 Å². The fraction of sp³-hybridized carbons (Fsp3) is 0.500. The Morgan fingerprint density at radius 3 is 2.58 bits per heavy atom. The first-order valence-corrected chi connectivity index (χ1v) is 6.50. The van der Waals surface area contributed by atoms with Gasteiger partial charge in [0, 0.05) is 11.6 Å². The second-order valence-corrected chi connectivity index (χ2v) is 5.10. The van der Waals surface area contributed by atoms with E-state index in [-0.39, 0.29) is 17.5 Å². The average Bonchev–Trinajstić information content (AvgIpc) is 2.41. The number of nitrogens with zero attached hydrogens (tertiary/aromatic N) is 1. The van der Waals surface area contributed by atoms with Crippen LogP contribution in [0.4, 0.5) is 5.69 Å². The highest BCUT2D eigenvalue weighted by Crippen LogP contribution is 2.32. The van der Waals surface area contributed by atoms with Gasteiger partial charge >= 0.3 is 5.69 Å². The lowest BCUT2D eigenvalue weighted by molar-refractivity contribution is -0.386. The van der Waals surface area contributed by atoms with Gasteiger partial charge in [-0.1, -0.05) is 6.92 Å². The Balaban J connectivity index is 2.17. The van der Waals surface area contributed by atoms with Crippen molar-refractivity contribution in [2.75, 3.05) is 0 Å². The van der Waals surface area contributed by atoms with Crippen LogP contribution in [0.3, 0.4) is 0 Å². The Morgan fingerprint density at radius 1 is 1.32 bits per heavy atom. The van der Waals surface area contributed by atoms with Crippen molar-refractivity contribution in [1.82, 2.24) is 0 Å². The fourth-order valence-electron chi connectivity index (χ4n) is 2.38. The van der Waals surface area contributed by atoms with Crippen molar-refractivity contribution in [3.63, 3.8) is 0 Å². The molecule has 1 aliphatic rings. The topological polar surface area (TPSA) is 69.4 Å². The van der Waals surface area contributed by atoms with Crippen LogP contribution in [0.15, 0.2) is 18.2 Å². The number of carbonyl (C=O) groups is 1. The molecule has 1 aromatic rings. The molecule has 0 aliphatic heterocycles. The molecule has 1 fully saturated rings. The van der Waals surface area contributed by atoms with E-state index in [1.54, 1.807) is 0 Å². The Bertz CT molecular complexity index is 478. The van der Waals surface area contributed by atoms with Crippen LogP contribution >= 0.6 is 0 Å². The molecule has 1 aromatic carbocycles. The van der Waals surface area contributed by atoms with Crippen LogP contribution in [0, 0.1) is 16.0 Å². The molecule has 0 heterocycles. The van der Waals surface area contributed by atoms with Crippen molar-refractivity contribution >= 4 is 12.0 Å². The number of hydrogen-bond acceptors (Lipinski definition) is 4. The molecule has 0 spiro atoms. The predicted molar refractivity (Wildman–Crippen MR) is 70.5 cm³/mol. The molecule has 5 nitrogen and oxygen atoms in total. The van der Waals surface area contributed by atoms with Crippen molar-refractivity contribution in [2.24, 2.45) is 5.92 Å². The minimum Gasteiger partial charge on any atom is -0.483 e. The van der Waals surface area contributed by atoms with Crippen LogP contribution in [-0.4, -0.2) is 17.3 Å². The van der Waals surface area contributed by atoms with Gasteiger partial charge in [0.15, 0.2) is 5.75 Å². The third-order valence-corrected chi connectivity index (χ3v) is 3.57. The smallest absolute Gasteiger partial charge is 0.310 e.